The van der Waals surface area contributed by atoms with Crippen LogP contribution >= 0.6 is 11.8 Å². The lowest BCUT2D eigenvalue weighted by Gasteiger charge is -2.16. The van der Waals surface area contributed by atoms with E-state index in [9.17, 15) is 9.59 Å². The van der Waals surface area contributed by atoms with Crippen molar-refractivity contribution in [2.24, 2.45) is 0 Å². The Hall–Kier alpha value is -2.85. The quantitative estimate of drug-likeness (QED) is 0.551. The highest BCUT2D eigenvalue weighted by Gasteiger charge is 2.37. The van der Waals surface area contributed by atoms with Crippen molar-refractivity contribution in [3.8, 4) is 0 Å². The fourth-order valence-electron chi connectivity index (χ4n) is 3.15. The van der Waals surface area contributed by atoms with Crippen molar-refractivity contribution in [1.29, 1.82) is 0 Å². The van der Waals surface area contributed by atoms with Gasteiger partial charge in [0.05, 0.1) is 10.6 Å². The summed E-state index contributed by atoms with van der Waals surface area (Å²) in [5.74, 6) is -0.262. The summed E-state index contributed by atoms with van der Waals surface area (Å²) < 4.78 is 0. The molecule has 0 aromatic heterocycles. The van der Waals surface area contributed by atoms with Gasteiger partial charge in [-0.05, 0) is 65.2 Å². The Kier molecular flexibility index (Phi) is 4.13. The van der Waals surface area contributed by atoms with Gasteiger partial charge >= 0.3 is 0 Å². The Bertz CT molecular complexity index is 1080. The number of rotatable bonds is 2. The van der Waals surface area contributed by atoms with Crippen molar-refractivity contribution in [2.75, 3.05) is 4.90 Å². The highest BCUT2D eigenvalue weighted by molar-refractivity contribution is 8.19. The Balaban J connectivity index is 1.77. The van der Waals surface area contributed by atoms with Crippen LogP contribution in [-0.4, -0.2) is 11.1 Å². The second-order valence-electron chi connectivity index (χ2n) is 6.38. The molecule has 1 fully saturated rings. The lowest BCUT2D eigenvalue weighted by atomic mass is 10.0. The maximum absolute atomic E-state index is 12.9. The van der Waals surface area contributed by atoms with Crippen LogP contribution in [0.3, 0.4) is 0 Å². The smallest absolute Gasteiger partial charge is 0.268 e. The van der Waals surface area contributed by atoms with Gasteiger partial charge in [-0.25, -0.2) is 4.90 Å². The molecule has 26 heavy (non-hydrogen) atoms. The summed E-state index contributed by atoms with van der Waals surface area (Å²) in [4.78, 5) is 27.2. The van der Waals surface area contributed by atoms with Gasteiger partial charge in [-0.2, -0.15) is 0 Å². The van der Waals surface area contributed by atoms with E-state index in [0.29, 0.717) is 10.6 Å². The van der Waals surface area contributed by atoms with Crippen LogP contribution in [0.1, 0.15) is 16.7 Å². The fraction of sp³-hybridized carbons (Fsp3) is 0.0909. The maximum atomic E-state index is 12.9. The van der Waals surface area contributed by atoms with Crippen LogP contribution in [0.5, 0.6) is 0 Å². The number of benzene rings is 3. The molecule has 1 aliphatic rings. The molecule has 3 nitrogen and oxygen atoms in total. The van der Waals surface area contributed by atoms with Crippen LogP contribution in [0, 0.1) is 13.8 Å². The molecule has 3 aromatic rings. The van der Waals surface area contributed by atoms with Crippen LogP contribution in [0.25, 0.3) is 16.8 Å². The van der Waals surface area contributed by atoms with Crippen LogP contribution < -0.4 is 4.90 Å². The van der Waals surface area contributed by atoms with Gasteiger partial charge in [0.25, 0.3) is 11.1 Å². The zero-order valence-corrected chi connectivity index (χ0v) is 15.3. The van der Waals surface area contributed by atoms with E-state index < -0.39 is 0 Å². The number of nitrogens with zero attached hydrogens (tertiary/aromatic N) is 1. The number of hydrogen-bond acceptors (Lipinski definition) is 3. The number of imide groups is 1. The number of amides is 2. The number of carbonyl (C=O) groups excluding carboxylic acids is 2. The number of hydrogen-bond donors (Lipinski definition) is 0. The molecule has 1 aliphatic heterocycles. The summed E-state index contributed by atoms with van der Waals surface area (Å²) in [5.41, 5.74) is 3.52. The lowest BCUT2D eigenvalue weighted by Crippen LogP contribution is -2.28. The molecule has 0 spiro atoms. The minimum absolute atomic E-state index is 0.254. The molecule has 0 N–H and O–H groups in total. The van der Waals surface area contributed by atoms with Crippen molar-refractivity contribution in [2.45, 2.75) is 13.8 Å². The molecule has 1 heterocycles. The second kappa shape index (κ2) is 6.46. The van der Waals surface area contributed by atoms with Gasteiger partial charge in [-0.3, -0.25) is 9.59 Å². The van der Waals surface area contributed by atoms with E-state index in [4.69, 9.17) is 0 Å². The van der Waals surface area contributed by atoms with Gasteiger partial charge < -0.3 is 0 Å². The fourth-order valence-corrected chi connectivity index (χ4v) is 3.98. The summed E-state index contributed by atoms with van der Waals surface area (Å²) in [6, 6.07) is 19.8. The van der Waals surface area contributed by atoms with Crippen LogP contribution in [0.4, 0.5) is 10.5 Å². The second-order valence-corrected chi connectivity index (χ2v) is 7.37. The molecule has 1 saturated heterocycles. The van der Waals surface area contributed by atoms with E-state index in [0.717, 1.165) is 39.2 Å². The number of anilines is 1. The molecule has 0 aliphatic carbocycles. The highest BCUT2D eigenvalue weighted by atomic mass is 32.2. The largest absolute Gasteiger partial charge is 0.298 e. The molecule has 4 heteroatoms. The highest BCUT2D eigenvalue weighted by Crippen LogP contribution is 2.38. The summed E-state index contributed by atoms with van der Waals surface area (Å²) >= 11 is 0.993. The molecular formula is C22H17NO2S. The predicted octanol–water partition coefficient (Wildman–Crippen LogP) is 5.70. The SMILES string of the molecule is Cc1ccc(C)c(N2C(=O)S/C(=C\c3cccc4ccccc34)C2=O)c1. The Morgan fingerprint density at radius 3 is 2.54 bits per heavy atom. The van der Waals surface area contributed by atoms with E-state index in [-0.39, 0.29) is 11.1 Å². The van der Waals surface area contributed by atoms with Crippen molar-refractivity contribution in [3.05, 3.63) is 82.3 Å². The predicted molar refractivity (Wildman–Crippen MR) is 108 cm³/mol. The van der Waals surface area contributed by atoms with E-state index in [1.807, 2.05) is 80.6 Å². The summed E-state index contributed by atoms with van der Waals surface area (Å²) in [5, 5.41) is 1.92. The lowest BCUT2D eigenvalue weighted by molar-refractivity contribution is -0.113. The van der Waals surface area contributed by atoms with Crippen LogP contribution in [0.2, 0.25) is 0 Å². The minimum Gasteiger partial charge on any atom is -0.268 e. The molecule has 4 rings (SSSR count). The van der Waals surface area contributed by atoms with Gasteiger partial charge in [0.1, 0.15) is 0 Å². The topological polar surface area (TPSA) is 37.4 Å². The van der Waals surface area contributed by atoms with Gasteiger partial charge in [0, 0.05) is 0 Å². The molecule has 2 amide bonds. The Morgan fingerprint density at radius 1 is 0.923 bits per heavy atom. The van der Waals surface area contributed by atoms with Crippen LogP contribution in [0.15, 0.2) is 65.6 Å². The van der Waals surface area contributed by atoms with Gasteiger partial charge in [-0.15, -0.1) is 0 Å². The van der Waals surface area contributed by atoms with Crippen molar-refractivity contribution in [1.82, 2.24) is 0 Å². The molecule has 128 valence electrons. The minimum atomic E-state index is -0.262. The number of aryl methyl sites for hydroxylation is 2. The molecule has 0 atom stereocenters. The van der Waals surface area contributed by atoms with E-state index in [1.165, 1.54) is 4.90 Å². The molecule has 0 saturated carbocycles. The zero-order chi connectivity index (χ0) is 18.3. The third kappa shape index (κ3) is 2.82. The Morgan fingerprint density at radius 2 is 1.69 bits per heavy atom. The number of thioether (sulfide) groups is 1. The molecule has 0 bridgehead atoms. The Labute approximate surface area is 156 Å². The summed E-state index contributed by atoms with van der Waals surface area (Å²) in [6.45, 7) is 3.86. The van der Waals surface area contributed by atoms with Gasteiger partial charge in [-0.1, -0.05) is 54.6 Å². The van der Waals surface area contributed by atoms with Gasteiger partial charge in [0.2, 0.25) is 0 Å². The monoisotopic (exact) mass is 359 g/mol. The first-order valence-corrected chi connectivity index (χ1v) is 9.19. The van der Waals surface area contributed by atoms with Gasteiger partial charge in [0.15, 0.2) is 0 Å². The van der Waals surface area contributed by atoms with E-state index >= 15 is 0 Å². The molecule has 0 radical (unpaired) electrons. The first-order chi connectivity index (χ1) is 12.5. The normalized spacial score (nSPS) is 16.1. The van der Waals surface area contributed by atoms with E-state index in [1.54, 1.807) is 0 Å². The van der Waals surface area contributed by atoms with E-state index in [2.05, 4.69) is 0 Å². The first-order valence-electron chi connectivity index (χ1n) is 8.37. The zero-order valence-electron chi connectivity index (χ0n) is 14.5. The molecular weight excluding hydrogens is 342 g/mol. The average molecular weight is 359 g/mol. The van der Waals surface area contributed by atoms with Crippen molar-refractivity contribution < 1.29 is 9.59 Å². The average Bonchev–Trinajstić information content (AvgIpc) is 2.91. The van der Waals surface area contributed by atoms with Crippen molar-refractivity contribution in [3.63, 3.8) is 0 Å². The molecule has 0 unspecified atom stereocenters. The third-order valence-electron chi connectivity index (χ3n) is 4.51. The van der Waals surface area contributed by atoms with Crippen molar-refractivity contribution >= 4 is 45.4 Å². The number of carbonyl (C=O) groups is 2. The number of fused-ring (bicyclic) bond motifs is 1. The third-order valence-corrected chi connectivity index (χ3v) is 5.38. The summed E-state index contributed by atoms with van der Waals surface area (Å²) in [6.07, 6.45) is 1.82. The standard InChI is InChI=1S/C22H17NO2S/c1-14-10-11-15(2)19(12-14)23-21(24)20(26-22(23)25)13-17-8-5-7-16-6-3-4-9-18(16)17/h3-13H,1-2H3/b20-13-. The first kappa shape index (κ1) is 16.6. The summed E-state index contributed by atoms with van der Waals surface area (Å²) in [7, 11) is 0. The maximum Gasteiger partial charge on any atom is 0.298 e. The van der Waals surface area contributed by atoms with Crippen LogP contribution in [-0.2, 0) is 4.79 Å². The molecule has 3 aromatic carbocycles.